The average molecular weight is 286 g/mol. The maximum Gasteiger partial charge on any atom is 0.196 e. The number of benzene rings is 2. The number of fused-ring (bicyclic) bond motifs is 1. The van der Waals surface area contributed by atoms with Crippen LogP contribution in [0.1, 0.15) is 45.6 Å². The van der Waals surface area contributed by atoms with Gasteiger partial charge in [0.15, 0.2) is 6.29 Å². The molecule has 2 aromatic rings. The van der Waals surface area contributed by atoms with E-state index < -0.39 is 0 Å². The highest BCUT2D eigenvalue weighted by atomic mass is 16.7. The molecule has 0 aromatic heterocycles. The zero-order chi connectivity index (χ0) is 15.1. The minimum Gasteiger partial charge on any atom is -0.465 e. The van der Waals surface area contributed by atoms with Crippen molar-refractivity contribution in [3.05, 3.63) is 42.0 Å². The van der Waals surface area contributed by atoms with E-state index in [9.17, 15) is 0 Å². The Morgan fingerprint density at radius 2 is 1.71 bits per heavy atom. The molecule has 0 bridgehead atoms. The molecule has 2 nitrogen and oxygen atoms in total. The molecule has 0 radical (unpaired) electrons. The Morgan fingerprint density at radius 3 is 2.48 bits per heavy atom. The normalized spacial score (nSPS) is 12.5. The molecule has 0 aliphatic rings. The predicted octanol–water partition coefficient (Wildman–Crippen LogP) is 5.33. The second-order valence-corrected chi connectivity index (χ2v) is 5.44. The van der Waals surface area contributed by atoms with Crippen molar-refractivity contribution in [3.63, 3.8) is 0 Å². The van der Waals surface area contributed by atoms with Gasteiger partial charge in [0.2, 0.25) is 0 Å². The fraction of sp³-hybridized carbons (Fsp3) is 0.474. The maximum absolute atomic E-state index is 5.75. The number of hydrogen-bond donors (Lipinski definition) is 0. The second-order valence-electron chi connectivity index (χ2n) is 5.44. The first-order valence-corrected chi connectivity index (χ1v) is 8.04. The third kappa shape index (κ3) is 4.75. The second kappa shape index (κ2) is 8.04. The minimum atomic E-state index is -0.208. The van der Waals surface area contributed by atoms with Crippen molar-refractivity contribution in [2.24, 2.45) is 0 Å². The van der Waals surface area contributed by atoms with Crippen molar-refractivity contribution >= 4 is 10.8 Å². The summed E-state index contributed by atoms with van der Waals surface area (Å²) in [6, 6.07) is 12.9. The molecule has 1 unspecified atom stereocenters. The lowest BCUT2D eigenvalue weighted by molar-refractivity contribution is -0.0612. The molecular weight excluding hydrogens is 260 g/mol. The molecule has 2 heteroatoms. The predicted molar refractivity (Wildman–Crippen MR) is 88.9 cm³/mol. The lowest BCUT2D eigenvalue weighted by atomic mass is 10.0. The Kier molecular flexibility index (Phi) is 6.06. The average Bonchev–Trinajstić information content (AvgIpc) is 2.48. The highest BCUT2D eigenvalue weighted by Gasteiger charge is 2.04. The van der Waals surface area contributed by atoms with Crippen molar-refractivity contribution in [2.45, 2.75) is 52.7 Å². The molecule has 0 heterocycles. The van der Waals surface area contributed by atoms with Crippen LogP contribution in [0, 0.1) is 0 Å². The van der Waals surface area contributed by atoms with Crippen LogP contribution >= 0.6 is 0 Å². The van der Waals surface area contributed by atoms with E-state index in [0.29, 0.717) is 6.61 Å². The lowest BCUT2D eigenvalue weighted by Gasteiger charge is -2.14. The Labute approximate surface area is 128 Å². The van der Waals surface area contributed by atoms with E-state index in [2.05, 4.69) is 37.3 Å². The molecule has 2 aromatic carbocycles. The summed E-state index contributed by atoms with van der Waals surface area (Å²) >= 11 is 0. The summed E-state index contributed by atoms with van der Waals surface area (Å²) in [4.78, 5) is 0. The van der Waals surface area contributed by atoms with Crippen molar-refractivity contribution in [1.82, 2.24) is 0 Å². The van der Waals surface area contributed by atoms with Gasteiger partial charge in [-0.1, -0.05) is 44.0 Å². The number of ether oxygens (including phenoxy) is 2. The molecule has 0 fully saturated rings. The van der Waals surface area contributed by atoms with E-state index in [1.54, 1.807) is 0 Å². The summed E-state index contributed by atoms with van der Waals surface area (Å²) in [6.07, 6.45) is 4.81. The van der Waals surface area contributed by atoms with E-state index in [1.165, 1.54) is 42.0 Å². The van der Waals surface area contributed by atoms with E-state index in [4.69, 9.17) is 9.47 Å². The van der Waals surface area contributed by atoms with Crippen LogP contribution in [-0.4, -0.2) is 12.9 Å². The molecule has 0 spiro atoms. The monoisotopic (exact) mass is 286 g/mol. The standard InChI is InChI=1S/C19H26O2/c1-4-6-7-8-16-9-10-18-14-19(12-11-17(18)13-16)21-15(3)20-5-2/h9-15H,4-8H2,1-3H3. The largest absolute Gasteiger partial charge is 0.465 e. The van der Waals surface area contributed by atoms with Gasteiger partial charge in [0.25, 0.3) is 0 Å². The number of rotatable bonds is 8. The summed E-state index contributed by atoms with van der Waals surface area (Å²) in [5, 5.41) is 2.50. The number of aryl methyl sites for hydroxylation is 1. The van der Waals surface area contributed by atoms with Crippen molar-refractivity contribution in [3.8, 4) is 5.75 Å². The zero-order valence-electron chi connectivity index (χ0n) is 13.4. The van der Waals surface area contributed by atoms with Gasteiger partial charge >= 0.3 is 0 Å². The van der Waals surface area contributed by atoms with Crippen LogP contribution in [0.4, 0.5) is 0 Å². The van der Waals surface area contributed by atoms with Crippen LogP contribution in [0.15, 0.2) is 36.4 Å². The molecule has 0 aliphatic heterocycles. The van der Waals surface area contributed by atoms with Crippen LogP contribution in [0.2, 0.25) is 0 Å². The topological polar surface area (TPSA) is 18.5 Å². The molecule has 0 aliphatic carbocycles. The van der Waals surface area contributed by atoms with E-state index in [0.717, 1.165) is 5.75 Å². The third-order valence-corrected chi connectivity index (χ3v) is 3.65. The van der Waals surface area contributed by atoms with Crippen LogP contribution in [0.25, 0.3) is 10.8 Å². The fourth-order valence-electron chi connectivity index (χ4n) is 2.54. The first kappa shape index (κ1) is 15.8. The lowest BCUT2D eigenvalue weighted by Crippen LogP contribution is -2.15. The van der Waals surface area contributed by atoms with Crippen LogP contribution in [0.5, 0.6) is 5.75 Å². The SMILES string of the molecule is CCCCCc1ccc2cc(OC(C)OCC)ccc2c1. The summed E-state index contributed by atoms with van der Waals surface area (Å²) in [5.41, 5.74) is 1.42. The maximum atomic E-state index is 5.75. The highest BCUT2D eigenvalue weighted by molar-refractivity contribution is 5.84. The van der Waals surface area contributed by atoms with Gasteiger partial charge in [-0.2, -0.15) is 0 Å². The summed E-state index contributed by atoms with van der Waals surface area (Å²) in [6.45, 7) is 6.80. The van der Waals surface area contributed by atoms with E-state index in [-0.39, 0.29) is 6.29 Å². The first-order chi connectivity index (χ1) is 10.2. The Balaban J connectivity index is 2.08. The highest BCUT2D eigenvalue weighted by Crippen LogP contribution is 2.23. The number of unbranched alkanes of at least 4 members (excludes halogenated alkanes) is 2. The molecule has 2 rings (SSSR count). The third-order valence-electron chi connectivity index (χ3n) is 3.65. The van der Waals surface area contributed by atoms with Crippen molar-refractivity contribution in [2.75, 3.05) is 6.61 Å². The van der Waals surface area contributed by atoms with Gasteiger partial charge < -0.3 is 9.47 Å². The minimum absolute atomic E-state index is 0.208. The first-order valence-electron chi connectivity index (χ1n) is 8.04. The fourth-order valence-corrected chi connectivity index (χ4v) is 2.54. The van der Waals surface area contributed by atoms with Gasteiger partial charge in [-0.05, 0) is 55.2 Å². The zero-order valence-corrected chi connectivity index (χ0v) is 13.4. The van der Waals surface area contributed by atoms with Gasteiger partial charge in [0.1, 0.15) is 5.75 Å². The Morgan fingerprint density at radius 1 is 0.952 bits per heavy atom. The van der Waals surface area contributed by atoms with Gasteiger partial charge in [-0.3, -0.25) is 0 Å². The van der Waals surface area contributed by atoms with Crippen molar-refractivity contribution < 1.29 is 9.47 Å². The Bertz CT molecular complexity index is 562. The van der Waals surface area contributed by atoms with Crippen molar-refractivity contribution in [1.29, 1.82) is 0 Å². The van der Waals surface area contributed by atoms with Crippen LogP contribution in [-0.2, 0) is 11.2 Å². The molecule has 1 atom stereocenters. The molecule has 21 heavy (non-hydrogen) atoms. The molecule has 0 saturated carbocycles. The Hall–Kier alpha value is -1.54. The summed E-state index contributed by atoms with van der Waals surface area (Å²) < 4.78 is 11.2. The van der Waals surface area contributed by atoms with E-state index in [1.807, 2.05) is 19.9 Å². The quantitative estimate of drug-likeness (QED) is 0.482. The molecular formula is C19H26O2. The summed E-state index contributed by atoms with van der Waals surface area (Å²) in [5.74, 6) is 0.863. The molecule has 114 valence electrons. The molecule has 0 N–H and O–H groups in total. The van der Waals surface area contributed by atoms with Crippen LogP contribution < -0.4 is 4.74 Å². The smallest absolute Gasteiger partial charge is 0.196 e. The van der Waals surface area contributed by atoms with E-state index >= 15 is 0 Å². The van der Waals surface area contributed by atoms with Gasteiger partial charge in [-0.25, -0.2) is 0 Å². The van der Waals surface area contributed by atoms with Gasteiger partial charge in [0, 0.05) is 6.61 Å². The van der Waals surface area contributed by atoms with Crippen LogP contribution in [0.3, 0.4) is 0 Å². The number of hydrogen-bond acceptors (Lipinski definition) is 2. The molecule has 0 amide bonds. The van der Waals surface area contributed by atoms with Gasteiger partial charge in [0.05, 0.1) is 0 Å². The summed E-state index contributed by atoms with van der Waals surface area (Å²) in [7, 11) is 0. The molecule has 0 saturated heterocycles. The van der Waals surface area contributed by atoms with Gasteiger partial charge in [-0.15, -0.1) is 0 Å².